The summed E-state index contributed by atoms with van der Waals surface area (Å²) >= 11 is 0. The van der Waals surface area contributed by atoms with Crippen LogP contribution in [0.2, 0.25) is 0 Å². The third-order valence-corrected chi connectivity index (χ3v) is 8.93. The first-order valence-corrected chi connectivity index (χ1v) is 18.6. The van der Waals surface area contributed by atoms with Gasteiger partial charge in [0.25, 0.3) is 0 Å². The van der Waals surface area contributed by atoms with Gasteiger partial charge in [-0.15, -0.1) is 0 Å². The SMILES string of the molecule is COc1ccc([C@@H](c2cn(C(=O)OC(C)(C)C)c3ccccc23)[C@H](N)C(=O)NCC(=O)NCC(=O)N[C@@H](Cc2ccccc2)C(=O)N[C@@H](CC(C)C)C(=O)O)cc1. The van der Waals surface area contributed by atoms with Crippen molar-refractivity contribution >= 4 is 46.6 Å². The van der Waals surface area contributed by atoms with Crippen LogP contribution in [0.3, 0.4) is 0 Å². The molecule has 0 aliphatic heterocycles. The summed E-state index contributed by atoms with van der Waals surface area (Å²) in [6, 6.07) is 19.5. The first-order valence-electron chi connectivity index (χ1n) is 18.6. The van der Waals surface area contributed by atoms with E-state index in [0.717, 1.165) is 5.56 Å². The second-order valence-electron chi connectivity index (χ2n) is 15.1. The zero-order valence-electron chi connectivity index (χ0n) is 33.0. The summed E-state index contributed by atoms with van der Waals surface area (Å²) in [4.78, 5) is 77.9. The van der Waals surface area contributed by atoms with Crippen molar-refractivity contribution in [1.29, 1.82) is 0 Å². The molecule has 4 amide bonds. The highest BCUT2D eigenvalue weighted by Crippen LogP contribution is 2.35. The highest BCUT2D eigenvalue weighted by Gasteiger charge is 2.33. The summed E-state index contributed by atoms with van der Waals surface area (Å²) in [6.45, 7) is 7.87. The lowest BCUT2D eigenvalue weighted by atomic mass is 9.84. The number of nitrogens with one attached hydrogen (secondary N) is 4. The standard InChI is InChI=1S/C42H52N6O9/c1-25(2)20-32(40(53)54)47-38(51)31(21-26-12-8-7-9-13-26)46-35(50)23-44-34(49)22-45-39(52)37(43)36(27-16-18-28(56-6)19-17-27)30-24-48(41(55)57-42(3,4)5)33-15-11-10-14-29(30)33/h7-19,24-25,31-32,36-37H,20-23,43H2,1-6H3,(H,44,49)(H,45,52)(H,46,50)(H,47,51)(H,53,54)/t31-,32-,36-,37-/m0/s1. The normalized spacial score (nSPS) is 13.5. The Labute approximate surface area is 331 Å². The maximum Gasteiger partial charge on any atom is 0.419 e. The van der Waals surface area contributed by atoms with E-state index < -0.39 is 78.4 Å². The third kappa shape index (κ3) is 12.4. The molecule has 1 heterocycles. The van der Waals surface area contributed by atoms with Crippen molar-refractivity contribution in [3.8, 4) is 5.75 Å². The molecule has 0 saturated heterocycles. The lowest BCUT2D eigenvalue weighted by Crippen LogP contribution is -2.54. The van der Waals surface area contributed by atoms with E-state index in [1.807, 2.05) is 19.9 Å². The van der Waals surface area contributed by atoms with Crippen LogP contribution in [0.15, 0.2) is 85.1 Å². The fourth-order valence-electron chi connectivity index (χ4n) is 6.26. The number of carbonyl (C=O) groups excluding carboxylic acids is 5. The van der Waals surface area contributed by atoms with E-state index in [4.69, 9.17) is 15.2 Å². The van der Waals surface area contributed by atoms with Gasteiger partial charge in [0, 0.05) is 23.9 Å². The second-order valence-corrected chi connectivity index (χ2v) is 15.1. The summed E-state index contributed by atoms with van der Waals surface area (Å²) < 4.78 is 12.4. The van der Waals surface area contributed by atoms with Crippen LogP contribution in [0.5, 0.6) is 5.75 Å². The molecular weight excluding hydrogens is 732 g/mol. The number of fused-ring (bicyclic) bond motifs is 1. The van der Waals surface area contributed by atoms with Gasteiger partial charge in [-0.2, -0.15) is 0 Å². The van der Waals surface area contributed by atoms with Crippen molar-refractivity contribution in [3.05, 3.63) is 102 Å². The molecule has 0 spiro atoms. The minimum Gasteiger partial charge on any atom is -0.497 e. The van der Waals surface area contributed by atoms with Gasteiger partial charge in [-0.1, -0.05) is 74.5 Å². The number of hydrogen-bond donors (Lipinski definition) is 6. The molecule has 0 aliphatic carbocycles. The van der Waals surface area contributed by atoms with Gasteiger partial charge in [0.1, 0.15) is 23.4 Å². The quantitative estimate of drug-likeness (QED) is 0.0916. The minimum absolute atomic E-state index is 0.0156. The summed E-state index contributed by atoms with van der Waals surface area (Å²) in [5.41, 5.74) is 8.37. The average Bonchev–Trinajstić information content (AvgIpc) is 3.54. The van der Waals surface area contributed by atoms with Gasteiger partial charge in [-0.3, -0.25) is 23.7 Å². The number of carboxylic acid groups (broad SMARTS) is 1. The van der Waals surface area contributed by atoms with Crippen LogP contribution in [0.4, 0.5) is 4.79 Å². The van der Waals surface area contributed by atoms with Gasteiger partial charge in [0.2, 0.25) is 23.6 Å². The van der Waals surface area contributed by atoms with Crippen LogP contribution in [-0.4, -0.2) is 89.3 Å². The average molecular weight is 785 g/mol. The number of hydrogen-bond acceptors (Lipinski definition) is 9. The van der Waals surface area contributed by atoms with Crippen molar-refractivity contribution < 1.29 is 43.3 Å². The van der Waals surface area contributed by atoms with Crippen molar-refractivity contribution in [2.75, 3.05) is 20.2 Å². The number of amides is 4. The van der Waals surface area contributed by atoms with Crippen molar-refractivity contribution in [2.45, 2.75) is 77.1 Å². The Balaban J connectivity index is 1.46. The maximum absolute atomic E-state index is 13.7. The number of rotatable bonds is 17. The fourth-order valence-corrected chi connectivity index (χ4v) is 6.26. The van der Waals surface area contributed by atoms with Crippen molar-refractivity contribution in [3.63, 3.8) is 0 Å². The van der Waals surface area contributed by atoms with Gasteiger partial charge in [0.15, 0.2) is 0 Å². The molecule has 3 aromatic carbocycles. The monoisotopic (exact) mass is 784 g/mol. The molecule has 304 valence electrons. The fraction of sp³-hybridized carbons (Fsp3) is 0.381. The molecule has 15 heteroatoms. The Bertz CT molecular complexity index is 2040. The highest BCUT2D eigenvalue weighted by atomic mass is 16.6. The molecule has 0 saturated carbocycles. The number of benzene rings is 3. The second kappa shape index (κ2) is 19.6. The Kier molecular flexibility index (Phi) is 14.9. The number of nitrogens with two attached hydrogens (primary N) is 1. The number of ether oxygens (including phenoxy) is 2. The molecule has 0 unspecified atom stereocenters. The van der Waals surface area contributed by atoms with Gasteiger partial charge in [0.05, 0.1) is 31.8 Å². The van der Waals surface area contributed by atoms with E-state index in [1.54, 1.807) is 99.8 Å². The van der Waals surface area contributed by atoms with Crippen LogP contribution in [-0.2, 0) is 35.1 Å². The topological polar surface area (TPSA) is 220 Å². The van der Waals surface area contributed by atoms with Crippen molar-refractivity contribution in [2.24, 2.45) is 11.7 Å². The Morgan fingerprint density at radius 3 is 2.04 bits per heavy atom. The highest BCUT2D eigenvalue weighted by molar-refractivity contribution is 5.95. The lowest BCUT2D eigenvalue weighted by Gasteiger charge is -2.24. The molecule has 7 N–H and O–H groups in total. The number of carbonyl (C=O) groups is 6. The first-order chi connectivity index (χ1) is 27.0. The van der Waals surface area contributed by atoms with Gasteiger partial charge in [-0.25, -0.2) is 9.59 Å². The molecule has 0 radical (unpaired) electrons. The molecule has 4 rings (SSSR count). The minimum atomic E-state index is -1.25. The number of carboxylic acids is 1. The molecule has 0 bridgehead atoms. The number of para-hydroxylation sites is 1. The van der Waals surface area contributed by atoms with E-state index in [9.17, 15) is 33.9 Å². The molecule has 15 nitrogen and oxygen atoms in total. The Hall–Kier alpha value is -6.22. The number of nitrogens with zero attached hydrogens (tertiary/aromatic N) is 1. The molecule has 0 fully saturated rings. The third-order valence-electron chi connectivity index (χ3n) is 8.93. The van der Waals surface area contributed by atoms with E-state index in [1.165, 1.54) is 11.7 Å². The molecule has 1 aromatic heterocycles. The predicted octanol–water partition coefficient (Wildman–Crippen LogP) is 3.47. The number of aliphatic carboxylic acids is 1. The predicted molar refractivity (Wildman–Crippen MR) is 213 cm³/mol. The summed E-state index contributed by atoms with van der Waals surface area (Å²) in [6.07, 6.45) is 1.25. The largest absolute Gasteiger partial charge is 0.497 e. The van der Waals surface area contributed by atoms with E-state index in [2.05, 4.69) is 21.3 Å². The molecular formula is C42H52N6O9. The molecule has 57 heavy (non-hydrogen) atoms. The smallest absolute Gasteiger partial charge is 0.419 e. The zero-order valence-corrected chi connectivity index (χ0v) is 33.0. The first kappa shape index (κ1) is 43.5. The summed E-state index contributed by atoms with van der Waals surface area (Å²) in [5, 5.41) is 20.4. The molecule has 4 aromatic rings. The van der Waals surface area contributed by atoms with E-state index in [0.29, 0.717) is 27.8 Å². The maximum atomic E-state index is 13.7. The Morgan fingerprint density at radius 1 is 0.789 bits per heavy atom. The van der Waals surface area contributed by atoms with Crippen LogP contribution in [0, 0.1) is 5.92 Å². The van der Waals surface area contributed by atoms with Crippen LogP contribution in [0.25, 0.3) is 10.9 Å². The summed E-state index contributed by atoms with van der Waals surface area (Å²) in [7, 11) is 1.53. The van der Waals surface area contributed by atoms with Gasteiger partial charge >= 0.3 is 12.1 Å². The van der Waals surface area contributed by atoms with E-state index >= 15 is 0 Å². The summed E-state index contributed by atoms with van der Waals surface area (Å²) in [5.74, 6) is -4.22. The lowest BCUT2D eigenvalue weighted by molar-refractivity contribution is -0.142. The molecule has 0 aliphatic rings. The molecule has 4 atom stereocenters. The van der Waals surface area contributed by atoms with Crippen LogP contribution < -0.4 is 31.7 Å². The van der Waals surface area contributed by atoms with Gasteiger partial charge in [-0.05, 0) is 68.0 Å². The van der Waals surface area contributed by atoms with Crippen LogP contribution >= 0.6 is 0 Å². The number of aromatic nitrogens is 1. The van der Waals surface area contributed by atoms with Crippen molar-refractivity contribution in [1.82, 2.24) is 25.8 Å². The van der Waals surface area contributed by atoms with Gasteiger partial charge < -0.3 is 41.6 Å². The van der Waals surface area contributed by atoms with Crippen LogP contribution in [0.1, 0.15) is 63.6 Å². The zero-order chi connectivity index (χ0) is 41.9. The van der Waals surface area contributed by atoms with E-state index in [-0.39, 0.29) is 18.8 Å². The number of methoxy groups -OCH3 is 1. The Morgan fingerprint density at radius 2 is 1.42 bits per heavy atom.